The van der Waals surface area contributed by atoms with E-state index in [1.165, 1.54) is 0 Å². The molecule has 0 amide bonds. The Balaban J connectivity index is 2.39. The molecular weight excluding hydrogens is 301 g/mol. The summed E-state index contributed by atoms with van der Waals surface area (Å²) in [6, 6.07) is 3.23. The Hall–Kier alpha value is -1.90. The molecule has 0 radical (unpaired) electrons. The van der Waals surface area contributed by atoms with Crippen LogP contribution < -0.4 is 5.73 Å². The summed E-state index contributed by atoms with van der Waals surface area (Å²) >= 11 is 0.527. The van der Waals surface area contributed by atoms with Crippen molar-refractivity contribution in [2.45, 2.75) is 16.1 Å². The lowest BCUT2D eigenvalue weighted by molar-refractivity contribution is -0.141. The normalized spacial score (nSPS) is 11.7. The maximum atomic E-state index is 13.4. The first-order valence-corrected chi connectivity index (χ1v) is 5.92. The number of hydrogen-bond acceptors (Lipinski definition) is 4. The average Bonchev–Trinajstić information content (AvgIpc) is 2.32. The van der Waals surface area contributed by atoms with Gasteiger partial charge in [0.2, 0.25) is 5.95 Å². The number of rotatable bonds is 2. The summed E-state index contributed by atoms with van der Waals surface area (Å²) in [5.74, 6) is -2.09. The van der Waals surface area contributed by atoms with Gasteiger partial charge in [0.15, 0.2) is 5.69 Å². The van der Waals surface area contributed by atoms with Crippen molar-refractivity contribution in [2.24, 2.45) is 0 Å². The van der Waals surface area contributed by atoms with Crippen LogP contribution in [0.25, 0.3) is 0 Å². The quantitative estimate of drug-likeness (QED) is 0.681. The average molecular weight is 307 g/mol. The van der Waals surface area contributed by atoms with Crippen LogP contribution in [0, 0.1) is 11.6 Å². The molecule has 106 valence electrons. The van der Waals surface area contributed by atoms with Crippen molar-refractivity contribution in [1.29, 1.82) is 0 Å². The minimum atomic E-state index is -4.70. The Morgan fingerprint density at radius 1 is 1.05 bits per heavy atom. The highest BCUT2D eigenvalue weighted by Crippen LogP contribution is 2.34. The molecular formula is C11H6F5N3S. The summed E-state index contributed by atoms with van der Waals surface area (Å²) < 4.78 is 64.0. The summed E-state index contributed by atoms with van der Waals surface area (Å²) in [5, 5.41) is -0.227. The van der Waals surface area contributed by atoms with E-state index in [4.69, 9.17) is 5.73 Å². The van der Waals surface area contributed by atoms with Gasteiger partial charge in [0.1, 0.15) is 16.7 Å². The molecule has 0 aliphatic heterocycles. The topological polar surface area (TPSA) is 51.8 Å². The minimum Gasteiger partial charge on any atom is -0.368 e. The second kappa shape index (κ2) is 5.23. The van der Waals surface area contributed by atoms with Gasteiger partial charge in [0.05, 0.1) is 4.90 Å². The maximum absolute atomic E-state index is 13.4. The maximum Gasteiger partial charge on any atom is 0.433 e. The molecule has 1 aromatic heterocycles. The van der Waals surface area contributed by atoms with E-state index < -0.39 is 29.5 Å². The van der Waals surface area contributed by atoms with E-state index in [1.807, 2.05) is 0 Å². The zero-order chi connectivity index (χ0) is 14.9. The first-order chi connectivity index (χ1) is 9.25. The van der Waals surface area contributed by atoms with E-state index in [-0.39, 0.29) is 9.92 Å². The number of alkyl halides is 3. The molecule has 3 nitrogen and oxygen atoms in total. The lowest BCUT2D eigenvalue weighted by atomic mass is 10.3. The molecule has 0 bridgehead atoms. The Labute approximate surface area is 114 Å². The van der Waals surface area contributed by atoms with Crippen molar-refractivity contribution in [3.63, 3.8) is 0 Å². The molecule has 0 fully saturated rings. The van der Waals surface area contributed by atoms with Crippen LogP contribution in [0.5, 0.6) is 0 Å². The number of benzene rings is 1. The van der Waals surface area contributed by atoms with Crippen LogP contribution in [0.1, 0.15) is 5.69 Å². The second-order valence-electron chi connectivity index (χ2n) is 3.62. The summed E-state index contributed by atoms with van der Waals surface area (Å²) in [5.41, 5.74) is 3.93. The molecule has 2 aromatic rings. The van der Waals surface area contributed by atoms with Crippen molar-refractivity contribution >= 4 is 17.7 Å². The summed E-state index contributed by atoms with van der Waals surface area (Å²) in [6.07, 6.45) is -4.70. The van der Waals surface area contributed by atoms with E-state index in [9.17, 15) is 22.0 Å². The van der Waals surface area contributed by atoms with Crippen LogP contribution in [0.3, 0.4) is 0 Å². The van der Waals surface area contributed by atoms with Crippen molar-refractivity contribution in [3.8, 4) is 0 Å². The fourth-order valence-corrected chi connectivity index (χ4v) is 2.18. The number of nitrogens with two attached hydrogens (primary N) is 1. The van der Waals surface area contributed by atoms with Crippen LogP contribution in [-0.4, -0.2) is 9.97 Å². The fourth-order valence-electron chi connectivity index (χ4n) is 1.31. The van der Waals surface area contributed by atoms with Gasteiger partial charge in [-0.05, 0) is 18.2 Å². The van der Waals surface area contributed by atoms with E-state index >= 15 is 0 Å². The predicted octanol–water partition coefficient (Wildman–Crippen LogP) is 3.51. The van der Waals surface area contributed by atoms with Crippen LogP contribution in [-0.2, 0) is 6.18 Å². The van der Waals surface area contributed by atoms with Crippen LogP contribution in [0.4, 0.5) is 27.9 Å². The molecule has 0 atom stereocenters. The van der Waals surface area contributed by atoms with Gasteiger partial charge in [-0.15, -0.1) is 0 Å². The number of aromatic nitrogens is 2. The third-order valence-corrected chi connectivity index (χ3v) is 3.07. The van der Waals surface area contributed by atoms with Crippen molar-refractivity contribution < 1.29 is 22.0 Å². The molecule has 0 saturated carbocycles. The highest BCUT2D eigenvalue weighted by Gasteiger charge is 2.33. The Morgan fingerprint density at radius 3 is 2.40 bits per heavy atom. The van der Waals surface area contributed by atoms with Crippen LogP contribution >= 0.6 is 11.8 Å². The van der Waals surface area contributed by atoms with Gasteiger partial charge in [0, 0.05) is 6.07 Å². The highest BCUT2D eigenvalue weighted by molar-refractivity contribution is 7.99. The molecule has 1 aromatic carbocycles. The molecule has 0 saturated heterocycles. The standard InChI is InChI=1S/C11H6F5N3S/c12-5-1-2-6(13)7(3-5)20-9-4-8(11(14,15)16)18-10(17)19-9/h1-4H,(H2,17,18,19). The first kappa shape index (κ1) is 14.5. The van der Waals surface area contributed by atoms with Gasteiger partial charge in [-0.2, -0.15) is 13.2 Å². The van der Waals surface area contributed by atoms with Gasteiger partial charge in [0.25, 0.3) is 0 Å². The van der Waals surface area contributed by atoms with Crippen molar-refractivity contribution in [1.82, 2.24) is 9.97 Å². The van der Waals surface area contributed by atoms with E-state index in [0.717, 1.165) is 18.2 Å². The molecule has 0 unspecified atom stereocenters. The first-order valence-electron chi connectivity index (χ1n) is 5.10. The third kappa shape index (κ3) is 3.35. The fraction of sp³-hybridized carbons (Fsp3) is 0.0909. The van der Waals surface area contributed by atoms with E-state index in [1.54, 1.807) is 0 Å². The lowest BCUT2D eigenvalue weighted by Gasteiger charge is -2.08. The molecule has 2 rings (SSSR count). The van der Waals surface area contributed by atoms with Crippen molar-refractivity contribution in [2.75, 3.05) is 5.73 Å². The van der Waals surface area contributed by atoms with Gasteiger partial charge in [-0.3, -0.25) is 0 Å². The second-order valence-corrected chi connectivity index (χ2v) is 4.69. The van der Waals surface area contributed by atoms with Gasteiger partial charge in [-0.1, -0.05) is 11.8 Å². The molecule has 0 aliphatic rings. The molecule has 9 heteroatoms. The Kier molecular flexibility index (Phi) is 3.80. The molecule has 2 N–H and O–H groups in total. The highest BCUT2D eigenvalue weighted by atomic mass is 32.2. The number of nitrogens with zero attached hydrogens (tertiary/aromatic N) is 2. The Bertz CT molecular complexity index is 644. The largest absolute Gasteiger partial charge is 0.433 e. The van der Waals surface area contributed by atoms with Crippen LogP contribution in [0.2, 0.25) is 0 Å². The van der Waals surface area contributed by atoms with Gasteiger partial charge < -0.3 is 5.73 Å². The molecule has 20 heavy (non-hydrogen) atoms. The van der Waals surface area contributed by atoms with Gasteiger partial charge >= 0.3 is 6.18 Å². The molecule has 0 spiro atoms. The summed E-state index contributed by atoms with van der Waals surface area (Å²) in [6.45, 7) is 0. The SMILES string of the molecule is Nc1nc(Sc2cc(F)ccc2F)cc(C(F)(F)F)n1. The van der Waals surface area contributed by atoms with E-state index in [2.05, 4.69) is 9.97 Å². The summed E-state index contributed by atoms with van der Waals surface area (Å²) in [7, 11) is 0. The smallest absolute Gasteiger partial charge is 0.368 e. The number of anilines is 1. The third-order valence-electron chi connectivity index (χ3n) is 2.12. The zero-order valence-corrected chi connectivity index (χ0v) is 10.4. The number of hydrogen-bond donors (Lipinski definition) is 1. The van der Waals surface area contributed by atoms with Gasteiger partial charge in [-0.25, -0.2) is 18.7 Å². The van der Waals surface area contributed by atoms with Crippen LogP contribution in [0.15, 0.2) is 34.2 Å². The number of halogens is 5. The monoisotopic (exact) mass is 307 g/mol. The van der Waals surface area contributed by atoms with Crippen molar-refractivity contribution in [3.05, 3.63) is 41.6 Å². The zero-order valence-electron chi connectivity index (χ0n) is 9.58. The molecule has 0 aliphatic carbocycles. The number of nitrogen functional groups attached to an aromatic ring is 1. The minimum absolute atomic E-state index is 0.198. The summed E-state index contributed by atoms with van der Waals surface area (Å²) in [4.78, 5) is 6.40. The Morgan fingerprint density at radius 2 is 1.75 bits per heavy atom. The van der Waals surface area contributed by atoms with E-state index in [0.29, 0.717) is 17.8 Å². The molecule has 1 heterocycles. The predicted molar refractivity (Wildman–Crippen MR) is 61.9 cm³/mol. The lowest BCUT2D eigenvalue weighted by Crippen LogP contribution is -2.11.